The van der Waals surface area contributed by atoms with E-state index in [2.05, 4.69) is 46.5 Å². The molecule has 2 N–H and O–H groups in total. The van der Waals surface area contributed by atoms with Crippen molar-refractivity contribution in [1.29, 1.82) is 0 Å². The Morgan fingerprint density at radius 3 is 1.72 bits per heavy atom. The number of aliphatic hydroxyl groups excluding tert-OH is 1. The molecule has 5 nitrogen and oxygen atoms in total. The lowest BCUT2D eigenvalue weighted by molar-refractivity contribution is -0.117. The van der Waals surface area contributed by atoms with Gasteiger partial charge in [0.25, 0.3) is 5.83 Å². The van der Waals surface area contributed by atoms with Crippen LogP contribution in [0.5, 0.6) is 0 Å². The van der Waals surface area contributed by atoms with Gasteiger partial charge < -0.3 is 10.4 Å². The highest BCUT2D eigenvalue weighted by molar-refractivity contribution is 5.91. The molecule has 11 heteroatoms. The number of rotatable bonds is 7. The van der Waals surface area contributed by atoms with Crippen LogP contribution in [0.4, 0.5) is 43.4 Å². The van der Waals surface area contributed by atoms with Crippen LogP contribution in [0.15, 0.2) is 167 Å². The molecule has 0 unspecified atom stereocenters. The number of nitrogens with one attached hydrogen (secondary N) is 1. The number of aliphatic imine (C=N–C) groups is 2. The van der Waals surface area contributed by atoms with Gasteiger partial charge in [-0.2, -0.15) is 26.3 Å². The molecule has 0 amide bonds. The third-order valence-electron chi connectivity index (χ3n) is 6.85. The van der Waals surface area contributed by atoms with Gasteiger partial charge in [-0.15, -0.1) is 0 Å². The fourth-order valence-electron chi connectivity index (χ4n) is 4.53. The van der Waals surface area contributed by atoms with Crippen molar-refractivity contribution in [2.24, 2.45) is 15.4 Å². The molecular weight excluding hydrogens is 692 g/mol. The van der Waals surface area contributed by atoms with E-state index in [4.69, 9.17) is 5.11 Å². The third kappa shape index (κ3) is 19.5. The standard InChI is InChI=1S/C16H16N2.C15H15N.C8H12O2.C3F6/c1-14(12-17-15-8-4-2-5-9-15)13-18-16-10-6-3-7-11-16;1-13(12-14-8-4-2-5-9-14)16-15-10-6-3-7-11-15;1-8(2)4-6(9)3-7(10)5-8;4-1(2(5)6)3(7,8)9/h2-13,17H,1H3;2-11H,12H2,1H3;3,9H,4-5H2,1-2H3;/b14-12+,18-13?;;;. The minimum atomic E-state index is -5.56. The van der Waals surface area contributed by atoms with E-state index < -0.39 is 18.1 Å². The third-order valence-corrected chi connectivity index (χ3v) is 6.85. The number of carbonyl (C=O) groups excluding carboxylic acids is 1. The van der Waals surface area contributed by atoms with Crippen LogP contribution in [0.2, 0.25) is 0 Å². The van der Waals surface area contributed by atoms with E-state index in [1.807, 2.05) is 130 Å². The van der Waals surface area contributed by atoms with Crippen molar-refractivity contribution in [1.82, 2.24) is 0 Å². The van der Waals surface area contributed by atoms with Crippen LogP contribution in [0, 0.1) is 5.41 Å². The highest BCUT2D eigenvalue weighted by atomic mass is 19.4. The maximum absolute atomic E-state index is 11.0. The second-order valence-electron chi connectivity index (χ2n) is 12.5. The molecule has 4 aromatic rings. The highest BCUT2D eigenvalue weighted by Gasteiger charge is 2.38. The fraction of sp³-hybridized carbons (Fsp3) is 0.214. The molecule has 0 radical (unpaired) electrons. The molecule has 0 bridgehead atoms. The van der Waals surface area contributed by atoms with Gasteiger partial charge in [-0.25, -0.2) is 0 Å². The molecule has 0 fully saturated rings. The van der Waals surface area contributed by atoms with Crippen molar-refractivity contribution in [3.8, 4) is 0 Å². The number of para-hydroxylation sites is 3. The van der Waals surface area contributed by atoms with Crippen LogP contribution in [-0.2, 0) is 11.2 Å². The fourth-order valence-corrected chi connectivity index (χ4v) is 4.53. The monoisotopic (exact) mass is 735 g/mol. The molecule has 280 valence electrons. The molecule has 1 aliphatic carbocycles. The lowest BCUT2D eigenvalue weighted by atomic mass is 9.80. The highest BCUT2D eigenvalue weighted by Crippen LogP contribution is 2.32. The van der Waals surface area contributed by atoms with Gasteiger partial charge in [-0.05, 0) is 66.8 Å². The number of benzene rings is 4. The SMILES string of the molecule is C/C(C=Nc1ccccc1)=C\Nc1ccccc1.CC(Cc1ccccc1)=Nc1ccccc1.CC1(C)CC(=O)C=C(O)C1.FC(F)=C(F)C(F)(F)F. The van der Waals surface area contributed by atoms with Crippen LogP contribution in [0.25, 0.3) is 0 Å². The molecule has 5 rings (SSSR count). The van der Waals surface area contributed by atoms with E-state index in [0.717, 1.165) is 34.8 Å². The first-order chi connectivity index (χ1) is 25.0. The number of nitrogens with zero attached hydrogens (tertiary/aromatic N) is 2. The summed E-state index contributed by atoms with van der Waals surface area (Å²) < 4.78 is 64.8. The van der Waals surface area contributed by atoms with Gasteiger partial charge in [0.05, 0.1) is 17.1 Å². The first-order valence-electron chi connectivity index (χ1n) is 16.4. The molecule has 0 atom stereocenters. The van der Waals surface area contributed by atoms with Gasteiger partial charge in [0.15, 0.2) is 5.78 Å². The number of allylic oxidation sites excluding steroid dienone is 4. The Bertz CT molecular complexity index is 1830. The number of aliphatic hydroxyl groups is 1. The molecule has 1 aliphatic rings. The number of anilines is 1. The summed E-state index contributed by atoms with van der Waals surface area (Å²) in [6.45, 7) is 8.05. The van der Waals surface area contributed by atoms with Crippen LogP contribution in [0.3, 0.4) is 0 Å². The van der Waals surface area contributed by atoms with Crippen molar-refractivity contribution in [3.63, 3.8) is 0 Å². The van der Waals surface area contributed by atoms with Gasteiger partial charge in [0.2, 0.25) is 0 Å². The van der Waals surface area contributed by atoms with E-state index in [-0.39, 0.29) is 17.0 Å². The van der Waals surface area contributed by atoms with Crippen molar-refractivity contribution in [2.45, 2.75) is 53.1 Å². The zero-order chi connectivity index (χ0) is 39.3. The summed E-state index contributed by atoms with van der Waals surface area (Å²) in [5.74, 6) is -3.07. The summed E-state index contributed by atoms with van der Waals surface area (Å²) in [4.78, 5) is 19.8. The average molecular weight is 736 g/mol. The van der Waals surface area contributed by atoms with Crippen LogP contribution >= 0.6 is 0 Å². The summed E-state index contributed by atoms with van der Waals surface area (Å²) in [7, 11) is 0. The van der Waals surface area contributed by atoms with Gasteiger partial charge >= 0.3 is 12.3 Å². The Morgan fingerprint density at radius 1 is 0.774 bits per heavy atom. The zero-order valence-electron chi connectivity index (χ0n) is 29.9. The molecular formula is C42H43F6N3O2. The minimum Gasteiger partial charge on any atom is -0.512 e. The van der Waals surface area contributed by atoms with Gasteiger partial charge in [-0.3, -0.25) is 14.8 Å². The molecule has 0 saturated heterocycles. The molecule has 0 aromatic heterocycles. The minimum absolute atomic E-state index is 0.0359. The Balaban J connectivity index is 0.000000255. The lowest BCUT2D eigenvalue weighted by Crippen LogP contribution is -2.21. The van der Waals surface area contributed by atoms with Crippen molar-refractivity contribution in [2.75, 3.05) is 5.32 Å². The summed E-state index contributed by atoms with van der Waals surface area (Å²) in [6.07, 6.45) is -1.69. The zero-order valence-corrected chi connectivity index (χ0v) is 29.9. The summed E-state index contributed by atoms with van der Waals surface area (Å²) in [5, 5.41) is 12.3. The van der Waals surface area contributed by atoms with Gasteiger partial charge in [0, 0.05) is 49.2 Å². The number of hydrogen-bond donors (Lipinski definition) is 2. The van der Waals surface area contributed by atoms with Crippen LogP contribution in [0.1, 0.15) is 46.1 Å². The smallest absolute Gasteiger partial charge is 0.448 e. The van der Waals surface area contributed by atoms with Crippen LogP contribution in [-0.4, -0.2) is 29.0 Å². The van der Waals surface area contributed by atoms with Crippen molar-refractivity contribution < 1.29 is 36.2 Å². The van der Waals surface area contributed by atoms with E-state index in [1.54, 1.807) is 0 Å². The Morgan fingerprint density at radius 2 is 1.26 bits per heavy atom. The first kappa shape index (κ1) is 43.5. The predicted molar refractivity (Wildman–Crippen MR) is 203 cm³/mol. The number of hydrogen-bond acceptors (Lipinski definition) is 5. The predicted octanol–water partition coefficient (Wildman–Crippen LogP) is 12.9. The Hall–Kier alpha value is -5.71. The molecule has 53 heavy (non-hydrogen) atoms. The van der Waals surface area contributed by atoms with E-state index in [9.17, 15) is 31.1 Å². The molecule has 0 aliphatic heterocycles. The summed E-state index contributed by atoms with van der Waals surface area (Å²) in [6, 6.07) is 40.4. The maximum Gasteiger partial charge on any atom is 0.448 e. The second-order valence-corrected chi connectivity index (χ2v) is 12.5. The quantitative estimate of drug-likeness (QED) is 0.147. The topological polar surface area (TPSA) is 74.0 Å². The second kappa shape index (κ2) is 22.3. The Labute approximate surface area is 306 Å². The summed E-state index contributed by atoms with van der Waals surface area (Å²) >= 11 is 0. The van der Waals surface area contributed by atoms with Crippen molar-refractivity contribution in [3.05, 3.63) is 162 Å². The summed E-state index contributed by atoms with van der Waals surface area (Å²) in [5.41, 5.74) is 6.53. The number of carbonyl (C=O) groups is 1. The van der Waals surface area contributed by atoms with E-state index >= 15 is 0 Å². The largest absolute Gasteiger partial charge is 0.512 e. The first-order valence-corrected chi connectivity index (χ1v) is 16.4. The Kier molecular flexibility index (Phi) is 18.3. The number of ketones is 1. The lowest BCUT2D eigenvalue weighted by Gasteiger charge is -2.25. The number of halogens is 6. The van der Waals surface area contributed by atoms with Crippen molar-refractivity contribution >= 4 is 34.8 Å². The van der Waals surface area contributed by atoms with E-state index in [1.165, 1.54) is 11.6 Å². The van der Waals surface area contributed by atoms with E-state index in [0.29, 0.717) is 12.8 Å². The maximum atomic E-state index is 11.0. The molecule has 0 saturated carbocycles. The van der Waals surface area contributed by atoms with Gasteiger partial charge in [0.1, 0.15) is 0 Å². The van der Waals surface area contributed by atoms with Gasteiger partial charge in [-0.1, -0.05) is 98.8 Å². The average Bonchev–Trinajstić information content (AvgIpc) is 3.10. The molecule has 0 heterocycles. The van der Waals surface area contributed by atoms with Crippen LogP contribution < -0.4 is 5.32 Å². The molecule has 4 aromatic carbocycles. The molecule has 0 spiro atoms. The normalized spacial score (nSPS) is 13.9. The number of alkyl halides is 3.